The summed E-state index contributed by atoms with van der Waals surface area (Å²) in [7, 11) is 1.61. The summed E-state index contributed by atoms with van der Waals surface area (Å²) in [4.78, 5) is 32.7. The molecule has 1 aromatic carbocycles. The molecule has 0 saturated heterocycles. The highest BCUT2D eigenvalue weighted by Gasteiger charge is 2.24. The lowest BCUT2D eigenvalue weighted by Gasteiger charge is -2.16. The Balaban J connectivity index is 1.90. The van der Waals surface area contributed by atoms with Gasteiger partial charge in [0.05, 0.1) is 22.9 Å². The summed E-state index contributed by atoms with van der Waals surface area (Å²) in [6.07, 6.45) is 4.19. The monoisotopic (exact) mass is 443 g/mol. The molecule has 0 fully saturated rings. The van der Waals surface area contributed by atoms with E-state index in [0.717, 1.165) is 52.9 Å². The lowest BCUT2D eigenvalue weighted by atomic mass is 9.97. The maximum Gasteiger partial charge on any atom is 0.267 e. The number of aryl methyl sites for hydroxylation is 2. The van der Waals surface area contributed by atoms with Gasteiger partial charge in [-0.05, 0) is 69.4 Å². The van der Waals surface area contributed by atoms with E-state index in [-0.39, 0.29) is 16.7 Å². The van der Waals surface area contributed by atoms with Crippen molar-refractivity contribution >= 4 is 39.2 Å². The highest BCUT2D eigenvalue weighted by Crippen LogP contribution is 2.36. The number of carbonyl (C=O) groups excluding carboxylic acids is 1. The maximum atomic E-state index is 13.7. The van der Waals surface area contributed by atoms with Crippen LogP contribution in [0.4, 0.5) is 0 Å². The van der Waals surface area contributed by atoms with Crippen LogP contribution < -0.4 is 15.6 Å². The van der Waals surface area contributed by atoms with Crippen LogP contribution in [0.3, 0.4) is 0 Å². The van der Waals surface area contributed by atoms with Crippen LogP contribution in [0, 0.1) is 0 Å². The van der Waals surface area contributed by atoms with Gasteiger partial charge in [0, 0.05) is 11.9 Å². The number of thiophene rings is 1. The van der Waals surface area contributed by atoms with E-state index < -0.39 is 0 Å². The van der Waals surface area contributed by atoms with Crippen molar-refractivity contribution in [1.29, 1.82) is 0 Å². The van der Waals surface area contributed by atoms with Crippen LogP contribution in [0.5, 0.6) is 5.75 Å². The molecule has 1 aliphatic carbocycles. The van der Waals surface area contributed by atoms with E-state index in [0.29, 0.717) is 11.8 Å². The first kappa shape index (κ1) is 20.9. The van der Waals surface area contributed by atoms with Gasteiger partial charge in [0.25, 0.3) is 5.56 Å². The number of ether oxygens (including phenoxy) is 1. The number of carbonyl (C=O) groups is 1. The van der Waals surface area contributed by atoms with Crippen LogP contribution in [-0.2, 0) is 17.6 Å². The maximum absolute atomic E-state index is 13.7. The minimum Gasteiger partial charge on any atom is -0.494 e. The molecule has 0 aliphatic heterocycles. The zero-order valence-electron chi connectivity index (χ0n) is 17.4. The Hall–Kier alpha value is -2.32. The summed E-state index contributed by atoms with van der Waals surface area (Å²) >= 11 is 2.93. The number of thioether (sulfide) groups is 1. The SMILES string of the molecule is CCOc1ccc(-n2c(SC(C)C(=O)NC)nc3sc4c(c3c2=O)CCCC4)cc1. The van der Waals surface area contributed by atoms with E-state index in [1.54, 1.807) is 23.0 Å². The van der Waals surface area contributed by atoms with Gasteiger partial charge in [0.15, 0.2) is 5.16 Å². The fraction of sp³-hybridized carbons (Fsp3) is 0.409. The fourth-order valence-corrected chi connectivity index (χ4v) is 6.05. The van der Waals surface area contributed by atoms with Crippen molar-refractivity contribution in [1.82, 2.24) is 14.9 Å². The van der Waals surface area contributed by atoms with Gasteiger partial charge >= 0.3 is 0 Å². The molecule has 6 nitrogen and oxygen atoms in total. The Bertz CT molecular complexity index is 1140. The molecule has 158 valence electrons. The number of hydrogen-bond acceptors (Lipinski definition) is 6. The Morgan fingerprint density at radius 3 is 2.73 bits per heavy atom. The predicted molar refractivity (Wildman–Crippen MR) is 122 cm³/mol. The highest BCUT2D eigenvalue weighted by atomic mass is 32.2. The molecule has 1 unspecified atom stereocenters. The van der Waals surface area contributed by atoms with Gasteiger partial charge in [-0.2, -0.15) is 0 Å². The number of rotatable bonds is 6. The minimum absolute atomic E-state index is 0.0600. The van der Waals surface area contributed by atoms with Gasteiger partial charge in [-0.3, -0.25) is 14.2 Å². The van der Waals surface area contributed by atoms with Gasteiger partial charge < -0.3 is 10.1 Å². The third kappa shape index (κ3) is 3.86. The normalized spacial score (nSPS) is 14.4. The third-order valence-corrected chi connectivity index (χ3v) is 7.50. The van der Waals surface area contributed by atoms with Gasteiger partial charge in [-0.25, -0.2) is 4.98 Å². The molecule has 8 heteroatoms. The standard InChI is InChI=1S/C22H25N3O3S2/c1-4-28-15-11-9-14(10-12-15)25-21(27)18-16-7-5-6-8-17(16)30-20(18)24-22(25)29-13(2)19(26)23-3/h9-13H,4-8H2,1-3H3,(H,23,26). The number of nitrogens with zero attached hydrogens (tertiary/aromatic N) is 2. The smallest absolute Gasteiger partial charge is 0.267 e. The second kappa shape index (κ2) is 8.81. The van der Waals surface area contributed by atoms with Crippen molar-refractivity contribution in [3.8, 4) is 11.4 Å². The fourth-order valence-electron chi connectivity index (χ4n) is 3.77. The number of amides is 1. The summed E-state index contributed by atoms with van der Waals surface area (Å²) < 4.78 is 7.18. The molecule has 2 aromatic heterocycles. The second-order valence-electron chi connectivity index (χ2n) is 7.23. The minimum atomic E-state index is -0.372. The van der Waals surface area contributed by atoms with E-state index in [4.69, 9.17) is 9.72 Å². The van der Waals surface area contributed by atoms with E-state index in [2.05, 4.69) is 5.32 Å². The molecule has 0 saturated carbocycles. The Kier molecular flexibility index (Phi) is 6.15. The van der Waals surface area contributed by atoms with Crippen LogP contribution in [0.1, 0.15) is 37.1 Å². The highest BCUT2D eigenvalue weighted by molar-refractivity contribution is 8.00. The lowest BCUT2D eigenvalue weighted by molar-refractivity contribution is -0.119. The molecule has 1 N–H and O–H groups in total. The molecule has 1 atom stereocenters. The summed E-state index contributed by atoms with van der Waals surface area (Å²) in [5, 5.41) is 3.57. The molecule has 0 spiro atoms. The van der Waals surface area contributed by atoms with E-state index in [1.165, 1.54) is 16.6 Å². The molecule has 4 rings (SSSR count). The van der Waals surface area contributed by atoms with E-state index in [1.807, 2.05) is 38.1 Å². The molecule has 0 radical (unpaired) electrons. The van der Waals surface area contributed by atoms with Crippen molar-refractivity contribution < 1.29 is 9.53 Å². The summed E-state index contributed by atoms with van der Waals surface area (Å²) in [6, 6.07) is 7.45. The lowest BCUT2D eigenvalue weighted by Crippen LogP contribution is -2.29. The van der Waals surface area contributed by atoms with Gasteiger partial charge in [-0.1, -0.05) is 11.8 Å². The molecule has 1 aliphatic rings. The van der Waals surface area contributed by atoms with Crippen molar-refractivity contribution in [2.75, 3.05) is 13.7 Å². The van der Waals surface area contributed by atoms with E-state index >= 15 is 0 Å². The molecule has 30 heavy (non-hydrogen) atoms. The summed E-state index contributed by atoms with van der Waals surface area (Å²) in [5.41, 5.74) is 1.82. The third-order valence-electron chi connectivity index (χ3n) is 5.26. The molecule has 2 heterocycles. The number of hydrogen-bond donors (Lipinski definition) is 1. The van der Waals surface area contributed by atoms with Crippen LogP contribution in [0.2, 0.25) is 0 Å². The molecule has 1 amide bonds. The summed E-state index contributed by atoms with van der Waals surface area (Å²) in [6.45, 7) is 4.34. The first-order valence-electron chi connectivity index (χ1n) is 10.2. The Morgan fingerprint density at radius 1 is 1.30 bits per heavy atom. The molecule has 0 bridgehead atoms. The Labute approximate surface area is 183 Å². The Morgan fingerprint density at radius 2 is 2.03 bits per heavy atom. The molecular weight excluding hydrogens is 418 g/mol. The zero-order valence-corrected chi connectivity index (χ0v) is 19.0. The first-order chi connectivity index (χ1) is 14.5. The predicted octanol–water partition coefficient (Wildman–Crippen LogP) is 3.95. The summed E-state index contributed by atoms with van der Waals surface area (Å²) in [5.74, 6) is 0.655. The van der Waals surface area contributed by atoms with Gasteiger partial charge in [-0.15, -0.1) is 11.3 Å². The van der Waals surface area contributed by atoms with E-state index in [9.17, 15) is 9.59 Å². The largest absolute Gasteiger partial charge is 0.494 e. The van der Waals surface area contributed by atoms with Crippen molar-refractivity contribution in [3.05, 3.63) is 45.1 Å². The van der Waals surface area contributed by atoms with Crippen molar-refractivity contribution in [2.45, 2.75) is 49.9 Å². The molecular formula is C22H25N3O3S2. The van der Waals surface area contributed by atoms with Crippen molar-refractivity contribution in [3.63, 3.8) is 0 Å². The van der Waals surface area contributed by atoms with Crippen LogP contribution in [-0.4, -0.2) is 34.4 Å². The number of benzene rings is 1. The average molecular weight is 444 g/mol. The average Bonchev–Trinajstić information content (AvgIpc) is 3.13. The van der Waals surface area contributed by atoms with Crippen LogP contribution in [0.25, 0.3) is 15.9 Å². The topological polar surface area (TPSA) is 73.2 Å². The van der Waals surface area contributed by atoms with Crippen LogP contribution >= 0.6 is 23.1 Å². The first-order valence-corrected chi connectivity index (χ1v) is 11.9. The van der Waals surface area contributed by atoms with Gasteiger partial charge in [0.1, 0.15) is 10.6 Å². The number of aromatic nitrogens is 2. The van der Waals surface area contributed by atoms with Gasteiger partial charge in [0.2, 0.25) is 5.91 Å². The number of nitrogens with one attached hydrogen (secondary N) is 1. The molecule has 3 aromatic rings. The number of fused-ring (bicyclic) bond motifs is 3. The zero-order chi connectivity index (χ0) is 21.3. The second-order valence-corrected chi connectivity index (χ2v) is 9.62. The van der Waals surface area contributed by atoms with Crippen molar-refractivity contribution in [2.24, 2.45) is 0 Å². The van der Waals surface area contributed by atoms with Crippen LogP contribution in [0.15, 0.2) is 34.2 Å². The quantitative estimate of drug-likeness (QED) is 0.461.